The molecule has 60 heavy (non-hydrogen) atoms. The molecule has 2 saturated carbocycles. The molecular formula is C49H72O11. The van der Waals surface area contributed by atoms with Crippen LogP contribution in [0, 0.1) is 29.1 Å². The van der Waals surface area contributed by atoms with Crippen LogP contribution in [0.15, 0.2) is 41.5 Å². The summed E-state index contributed by atoms with van der Waals surface area (Å²) in [5, 5.41) is 35.8. The van der Waals surface area contributed by atoms with E-state index in [1.807, 2.05) is 19.9 Å². The fourth-order valence-electron chi connectivity index (χ4n) is 10.9. The van der Waals surface area contributed by atoms with Gasteiger partial charge in [-0.3, -0.25) is 19.2 Å². The zero-order chi connectivity index (χ0) is 43.9. The van der Waals surface area contributed by atoms with Crippen LogP contribution in [0.4, 0.5) is 0 Å². The van der Waals surface area contributed by atoms with Gasteiger partial charge < -0.3 is 34.3 Å². The van der Waals surface area contributed by atoms with Crippen molar-refractivity contribution in [2.45, 2.75) is 180 Å². The first kappa shape index (κ1) is 47.4. The summed E-state index contributed by atoms with van der Waals surface area (Å²) in [4.78, 5) is 54.8. The summed E-state index contributed by atoms with van der Waals surface area (Å²) in [6, 6.07) is 4.57. The number of ether oxygens (including phenoxy) is 4. The van der Waals surface area contributed by atoms with Gasteiger partial charge in [0.05, 0.1) is 19.1 Å². The molecule has 4 aliphatic carbocycles. The smallest absolute Gasteiger partial charge is 0.310 e. The Morgan fingerprint density at radius 1 is 0.817 bits per heavy atom. The number of phenols is 1. The van der Waals surface area contributed by atoms with Gasteiger partial charge in [0.2, 0.25) is 0 Å². The number of unbranched alkanes of at least 4 members (excludes halogenated alkanes) is 12. The van der Waals surface area contributed by atoms with Gasteiger partial charge >= 0.3 is 17.9 Å². The van der Waals surface area contributed by atoms with Crippen LogP contribution in [0.2, 0.25) is 0 Å². The largest absolute Gasteiger partial charge is 0.504 e. The van der Waals surface area contributed by atoms with Crippen LogP contribution in [0.1, 0.15) is 156 Å². The van der Waals surface area contributed by atoms with Gasteiger partial charge in [-0.2, -0.15) is 0 Å². The molecule has 0 spiro atoms. The molecule has 1 aromatic rings. The zero-order valence-corrected chi connectivity index (χ0v) is 37.3. The lowest BCUT2D eigenvalue weighted by Gasteiger charge is -2.53. The highest BCUT2D eigenvalue weighted by Gasteiger charge is 2.88. The summed E-state index contributed by atoms with van der Waals surface area (Å²) < 4.78 is 24.0. The van der Waals surface area contributed by atoms with Gasteiger partial charge in [0.1, 0.15) is 18.3 Å². The first-order chi connectivity index (χ1) is 28.5. The highest BCUT2D eigenvalue weighted by Crippen LogP contribution is 2.77. The fourth-order valence-corrected chi connectivity index (χ4v) is 10.9. The molecule has 0 aromatic heterocycles. The number of ketones is 1. The summed E-state index contributed by atoms with van der Waals surface area (Å²) in [5.74, 6) is -5.09. The number of esters is 3. The van der Waals surface area contributed by atoms with E-state index in [9.17, 15) is 34.5 Å². The Kier molecular flexibility index (Phi) is 15.8. The molecular weight excluding hydrogens is 765 g/mol. The number of aliphatic hydroxyl groups is 2. The molecule has 5 rings (SSSR count). The van der Waals surface area contributed by atoms with E-state index in [-0.39, 0.29) is 49.8 Å². The van der Waals surface area contributed by atoms with Crippen molar-refractivity contribution in [3.05, 3.63) is 47.1 Å². The molecule has 334 valence electrons. The highest BCUT2D eigenvalue weighted by molar-refractivity contribution is 6.05. The maximum absolute atomic E-state index is 13.9. The molecule has 2 fully saturated rings. The second kappa shape index (κ2) is 20.0. The molecule has 0 heterocycles. The third kappa shape index (κ3) is 9.52. The Labute approximate surface area is 357 Å². The third-order valence-electron chi connectivity index (χ3n) is 14.3. The van der Waals surface area contributed by atoms with Gasteiger partial charge in [-0.15, -0.1) is 0 Å². The van der Waals surface area contributed by atoms with E-state index in [2.05, 4.69) is 13.8 Å². The molecule has 1 aromatic carbocycles. The molecule has 4 aliphatic rings. The highest BCUT2D eigenvalue weighted by atomic mass is 16.6. The molecule has 0 bridgehead atoms. The van der Waals surface area contributed by atoms with Crippen molar-refractivity contribution < 1.29 is 53.4 Å². The molecule has 11 heteroatoms. The third-order valence-corrected chi connectivity index (χ3v) is 14.3. The topological polar surface area (TPSA) is 166 Å². The number of rotatable bonds is 23. The van der Waals surface area contributed by atoms with Crippen molar-refractivity contribution in [1.29, 1.82) is 0 Å². The van der Waals surface area contributed by atoms with Crippen molar-refractivity contribution >= 4 is 23.7 Å². The number of phenolic OH excluding ortho intramolecular Hbond substituents is 1. The van der Waals surface area contributed by atoms with Crippen LogP contribution in [-0.4, -0.2) is 75.6 Å². The lowest BCUT2D eigenvalue weighted by Crippen LogP contribution is -2.66. The van der Waals surface area contributed by atoms with Gasteiger partial charge in [0.15, 0.2) is 22.9 Å². The Hall–Kier alpha value is -3.70. The number of methoxy groups -OCH3 is 1. The number of carbonyl (C=O) groups is 4. The first-order valence-electron chi connectivity index (χ1n) is 22.8. The molecule has 8 atom stereocenters. The average Bonchev–Trinajstić information content (AvgIpc) is 3.63. The van der Waals surface area contributed by atoms with Gasteiger partial charge in [0.25, 0.3) is 0 Å². The van der Waals surface area contributed by atoms with E-state index >= 15 is 0 Å². The van der Waals surface area contributed by atoms with E-state index in [4.69, 9.17) is 18.9 Å². The lowest BCUT2D eigenvalue weighted by atomic mass is 9.59. The molecule has 0 radical (unpaired) electrons. The fraction of sp³-hybridized carbons (Fsp3) is 0.714. The van der Waals surface area contributed by atoms with E-state index in [0.29, 0.717) is 29.6 Å². The number of hydrogen-bond donors (Lipinski definition) is 3. The van der Waals surface area contributed by atoms with Crippen molar-refractivity contribution in [3.8, 4) is 11.5 Å². The van der Waals surface area contributed by atoms with E-state index in [1.165, 1.54) is 38.9 Å². The van der Waals surface area contributed by atoms with E-state index in [0.717, 1.165) is 51.4 Å². The maximum Gasteiger partial charge on any atom is 0.310 e. The number of fused-ring (bicyclic) bond motifs is 5. The number of Topliss-reactive ketones (excluding diaryl/α,β-unsaturated/α-hetero) is 1. The average molecular weight is 837 g/mol. The first-order valence-corrected chi connectivity index (χ1v) is 22.8. The van der Waals surface area contributed by atoms with Crippen molar-refractivity contribution in [3.63, 3.8) is 0 Å². The summed E-state index contributed by atoms with van der Waals surface area (Å²) in [5.41, 5.74) is -4.67. The molecule has 11 nitrogen and oxygen atoms in total. The van der Waals surface area contributed by atoms with Crippen molar-refractivity contribution in [2.75, 3.05) is 13.7 Å². The van der Waals surface area contributed by atoms with Crippen LogP contribution in [0.3, 0.4) is 0 Å². The monoisotopic (exact) mass is 837 g/mol. The van der Waals surface area contributed by atoms with Crippen LogP contribution in [0.5, 0.6) is 11.5 Å². The van der Waals surface area contributed by atoms with Crippen molar-refractivity contribution in [2.24, 2.45) is 29.1 Å². The quantitative estimate of drug-likeness (QED) is 0.0417. The number of aromatic hydroxyl groups is 1. The number of hydrogen-bond acceptors (Lipinski definition) is 11. The van der Waals surface area contributed by atoms with Crippen LogP contribution >= 0.6 is 0 Å². The van der Waals surface area contributed by atoms with Crippen LogP contribution in [-0.2, 0) is 39.8 Å². The standard InChI is InChI=1S/C49H72O11/c1-8-10-12-14-16-18-20-22-40(51)59-45-33(4)48(56)36(43-46(5,6)49(43,45)60-41(52)23-21-19-17-15-13-11-9-2)27-35(30-47(55)39(48)26-32(3)44(47)54)31-58-42(53)29-34-24-25-37(50)38(28-34)57-7/h24-28,33,36,39,43,45,50,55-56H,8-23,29-31H2,1-7H3. The Morgan fingerprint density at radius 2 is 1.40 bits per heavy atom. The minimum Gasteiger partial charge on any atom is -0.504 e. The van der Waals surface area contributed by atoms with Crippen molar-refractivity contribution in [1.82, 2.24) is 0 Å². The molecule has 0 saturated heterocycles. The molecule has 0 amide bonds. The minimum absolute atomic E-state index is 0.0620. The zero-order valence-electron chi connectivity index (χ0n) is 37.3. The summed E-state index contributed by atoms with van der Waals surface area (Å²) in [6.45, 7) is 11.4. The predicted octanol–water partition coefficient (Wildman–Crippen LogP) is 8.82. The Balaban J connectivity index is 1.45. The normalized spacial score (nSPS) is 29.9. The molecule has 8 unspecified atom stereocenters. The molecule has 3 N–H and O–H groups in total. The SMILES string of the molecule is CCCCCCCCCC(=O)OC1C(C)C2(O)C(C=C(COC(=O)Cc3ccc(O)c(OC)c3)CC3(O)C(=O)C(C)=CC32)C2C(C)(C)C12OC(=O)CCCCCCCCC. The Morgan fingerprint density at radius 3 is 2.00 bits per heavy atom. The van der Waals surface area contributed by atoms with E-state index in [1.54, 1.807) is 32.1 Å². The maximum atomic E-state index is 13.9. The van der Waals surface area contributed by atoms with Gasteiger partial charge in [-0.05, 0) is 48.6 Å². The number of benzene rings is 1. The molecule has 0 aliphatic heterocycles. The van der Waals surface area contributed by atoms with Crippen LogP contribution in [0.25, 0.3) is 0 Å². The van der Waals surface area contributed by atoms with Gasteiger partial charge in [0, 0.05) is 48.3 Å². The van der Waals surface area contributed by atoms with Gasteiger partial charge in [-0.1, -0.05) is 130 Å². The summed E-state index contributed by atoms with van der Waals surface area (Å²) in [6.07, 6.45) is 16.9. The second-order valence-electron chi connectivity index (χ2n) is 18.7. The lowest BCUT2D eigenvalue weighted by molar-refractivity contribution is -0.229. The second-order valence-corrected chi connectivity index (χ2v) is 18.7. The summed E-state index contributed by atoms with van der Waals surface area (Å²) >= 11 is 0. The van der Waals surface area contributed by atoms with E-state index < -0.39 is 69.7 Å². The minimum atomic E-state index is -2.07. The van der Waals surface area contributed by atoms with Crippen LogP contribution < -0.4 is 4.74 Å². The number of carbonyl (C=O) groups excluding carboxylic acids is 4. The Bertz CT molecular complexity index is 1760. The summed E-state index contributed by atoms with van der Waals surface area (Å²) in [7, 11) is 1.42. The predicted molar refractivity (Wildman–Crippen MR) is 228 cm³/mol. The van der Waals surface area contributed by atoms with Gasteiger partial charge in [-0.25, -0.2) is 0 Å².